The number of hydrogen-bond acceptors (Lipinski definition) is 4. The molecule has 2 N–H and O–H groups in total. The Bertz CT molecular complexity index is 821. The largest absolute Gasteiger partial charge is 0.340 e. The maximum Gasteiger partial charge on any atom is 0.141 e. The molecule has 0 aliphatic heterocycles. The Hall–Kier alpha value is -2.66. The van der Waals surface area contributed by atoms with E-state index in [2.05, 4.69) is 20.6 Å². The third-order valence-corrected chi connectivity index (χ3v) is 3.47. The first kappa shape index (κ1) is 15.2. The normalized spacial score (nSPS) is 10.4. The van der Waals surface area contributed by atoms with Crippen molar-refractivity contribution in [2.75, 3.05) is 10.6 Å². The molecule has 0 atom stereocenters. The molecule has 0 fully saturated rings. The molecule has 3 rings (SSSR count). The van der Waals surface area contributed by atoms with E-state index in [1.165, 1.54) is 24.0 Å². The van der Waals surface area contributed by atoms with Gasteiger partial charge in [-0.25, -0.2) is 14.4 Å². The van der Waals surface area contributed by atoms with E-state index in [-0.39, 0.29) is 5.02 Å². The van der Waals surface area contributed by atoms with Crippen LogP contribution in [-0.2, 0) is 0 Å². The fourth-order valence-electron chi connectivity index (χ4n) is 2.00. The highest BCUT2D eigenvalue weighted by Crippen LogP contribution is 2.23. The minimum Gasteiger partial charge on any atom is -0.340 e. The lowest BCUT2D eigenvalue weighted by molar-refractivity contribution is 0.628. The van der Waals surface area contributed by atoms with Crippen molar-refractivity contribution in [2.24, 2.45) is 0 Å². The van der Waals surface area contributed by atoms with E-state index in [9.17, 15) is 4.39 Å². The number of halogens is 2. The minimum atomic E-state index is -0.457. The molecule has 1 heterocycles. The lowest BCUT2D eigenvalue weighted by Crippen LogP contribution is -1.98. The minimum absolute atomic E-state index is 0.0575. The van der Waals surface area contributed by atoms with Crippen molar-refractivity contribution in [2.45, 2.75) is 6.92 Å². The van der Waals surface area contributed by atoms with Crippen LogP contribution < -0.4 is 10.6 Å². The molecule has 0 aliphatic carbocycles. The summed E-state index contributed by atoms with van der Waals surface area (Å²) in [5.41, 5.74) is 2.77. The van der Waals surface area contributed by atoms with Crippen LogP contribution in [0.15, 0.2) is 54.9 Å². The van der Waals surface area contributed by atoms with Crippen LogP contribution in [0.4, 0.5) is 27.4 Å². The summed E-state index contributed by atoms with van der Waals surface area (Å²) in [7, 11) is 0. The summed E-state index contributed by atoms with van der Waals surface area (Å²) in [5, 5.41) is 6.32. The van der Waals surface area contributed by atoms with Crippen LogP contribution in [0.2, 0.25) is 5.02 Å². The molecule has 0 saturated heterocycles. The quantitative estimate of drug-likeness (QED) is 0.702. The summed E-state index contributed by atoms with van der Waals surface area (Å²) < 4.78 is 13.2. The Labute approximate surface area is 138 Å². The van der Waals surface area contributed by atoms with Crippen LogP contribution in [0.3, 0.4) is 0 Å². The SMILES string of the molecule is Cc1ccc(Nc2cc(Nc3ccc(F)c(Cl)c3)ncn2)cc1. The summed E-state index contributed by atoms with van der Waals surface area (Å²) in [6.07, 6.45) is 1.45. The topological polar surface area (TPSA) is 49.8 Å². The van der Waals surface area contributed by atoms with Crippen LogP contribution in [0.5, 0.6) is 0 Å². The maximum atomic E-state index is 13.2. The van der Waals surface area contributed by atoms with Crippen molar-refractivity contribution in [3.63, 3.8) is 0 Å². The number of aromatic nitrogens is 2. The summed E-state index contributed by atoms with van der Waals surface area (Å²) in [6, 6.07) is 14.2. The van der Waals surface area contributed by atoms with Gasteiger partial charge in [0.05, 0.1) is 5.02 Å². The van der Waals surface area contributed by atoms with Gasteiger partial charge in [0.25, 0.3) is 0 Å². The molecule has 0 saturated carbocycles. The molecule has 3 aromatic rings. The van der Waals surface area contributed by atoms with Gasteiger partial charge in [0, 0.05) is 17.4 Å². The van der Waals surface area contributed by atoms with E-state index in [4.69, 9.17) is 11.6 Å². The molecule has 0 radical (unpaired) electrons. The first-order valence-electron chi connectivity index (χ1n) is 6.98. The van der Waals surface area contributed by atoms with Gasteiger partial charge in [0.1, 0.15) is 23.8 Å². The number of rotatable bonds is 4. The predicted octanol–water partition coefficient (Wildman–Crippen LogP) is 5.06. The number of anilines is 4. The highest BCUT2D eigenvalue weighted by Gasteiger charge is 2.03. The predicted molar refractivity (Wildman–Crippen MR) is 91.2 cm³/mol. The molecular weight excluding hydrogens is 315 g/mol. The summed E-state index contributed by atoms with van der Waals surface area (Å²) >= 11 is 5.77. The van der Waals surface area contributed by atoms with Crippen LogP contribution >= 0.6 is 11.6 Å². The lowest BCUT2D eigenvalue weighted by atomic mass is 10.2. The molecule has 23 heavy (non-hydrogen) atoms. The first-order valence-corrected chi connectivity index (χ1v) is 7.36. The van der Waals surface area contributed by atoms with E-state index in [0.29, 0.717) is 17.3 Å². The number of nitrogens with one attached hydrogen (secondary N) is 2. The van der Waals surface area contributed by atoms with E-state index < -0.39 is 5.82 Å². The second-order valence-corrected chi connectivity index (χ2v) is 5.44. The van der Waals surface area contributed by atoms with Crippen molar-refractivity contribution >= 4 is 34.6 Å². The third-order valence-electron chi connectivity index (χ3n) is 3.18. The second-order valence-electron chi connectivity index (χ2n) is 5.03. The van der Waals surface area contributed by atoms with Gasteiger partial charge in [-0.2, -0.15) is 0 Å². The molecule has 0 bridgehead atoms. The Balaban J connectivity index is 1.76. The molecule has 4 nitrogen and oxygen atoms in total. The molecule has 1 aromatic heterocycles. The zero-order valence-corrected chi connectivity index (χ0v) is 13.1. The van der Waals surface area contributed by atoms with Gasteiger partial charge in [0.2, 0.25) is 0 Å². The fourth-order valence-corrected chi connectivity index (χ4v) is 2.18. The summed E-state index contributed by atoms with van der Waals surface area (Å²) in [5.74, 6) is 0.776. The molecular formula is C17H14ClFN4. The van der Waals surface area contributed by atoms with Gasteiger partial charge >= 0.3 is 0 Å². The van der Waals surface area contributed by atoms with Crippen LogP contribution in [0.25, 0.3) is 0 Å². The average Bonchev–Trinajstić information content (AvgIpc) is 2.54. The molecule has 0 amide bonds. The number of nitrogens with zero attached hydrogens (tertiary/aromatic N) is 2. The smallest absolute Gasteiger partial charge is 0.141 e. The van der Waals surface area contributed by atoms with Gasteiger partial charge < -0.3 is 10.6 Å². The fraction of sp³-hybridized carbons (Fsp3) is 0.0588. The summed E-state index contributed by atoms with van der Waals surface area (Å²) in [4.78, 5) is 8.33. The van der Waals surface area contributed by atoms with Crippen molar-refractivity contribution < 1.29 is 4.39 Å². The Morgan fingerprint density at radius 1 is 0.870 bits per heavy atom. The molecule has 2 aromatic carbocycles. The van der Waals surface area contributed by atoms with Gasteiger partial charge in [-0.05, 0) is 37.3 Å². The molecule has 6 heteroatoms. The lowest BCUT2D eigenvalue weighted by Gasteiger charge is -2.09. The van der Waals surface area contributed by atoms with Gasteiger partial charge in [0.15, 0.2) is 0 Å². The van der Waals surface area contributed by atoms with Gasteiger partial charge in [-0.1, -0.05) is 29.3 Å². The zero-order chi connectivity index (χ0) is 16.2. The highest BCUT2D eigenvalue weighted by atomic mass is 35.5. The van der Waals surface area contributed by atoms with Crippen molar-refractivity contribution in [1.29, 1.82) is 0 Å². The van der Waals surface area contributed by atoms with E-state index in [1.54, 1.807) is 12.1 Å². The number of benzene rings is 2. The third kappa shape index (κ3) is 3.96. The molecule has 0 spiro atoms. The number of hydrogen-bond donors (Lipinski definition) is 2. The van der Waals surface area contributed by atoms with Crippen LogP contribution in [-0.4, -0.2) is 9.97 Å². The highest BCUT2D eigenvalue weighted by molar-refractivity contribution is 6.31. The molecule has 0 aliphatic rings. The van der Waals surface area contributed by atoms with Crippen molar-refractivity contribution in [3.8, 4) is 0 Å². The van der Waals surface area contributed by atoms with Crippen molar-refractivity contribution in [1.82, 2.24) is 9.97 Å². The van der Waals surface area contributed by atoms with Crippen LogP contribution in [0, 0.1) is 12.7 Å². The Morgan fingerprint density at radius 3 is 2.13 bits per heavy atom. The molecule has 0 unspecified atom stereocenters. The average molecular weight is 329 g/mol. The summed E-state index contributed by atoms with van der Waals surface area (Å²) in [6.45, 7) is 2.03. The van der Waals surface area contributed by atoms with Gasteiger partial charge in [-0.15, -0.1) is 0 Å². The van der Waals surface area contributed by atoms with E-state index in [1.807, 2.05) is 31.2 Å². The number of aryl methyl sites for hydroxylation is 1. The maximum absolute atomic E-state index is 13.2. The van der Waals surface area contributed by atoms with Crippen LogP contribution in [0.1, 0.15) is 5.56 Å². The molecule has 116 valence electrons. The Kier molecular flexibility index (Phi) is 4.39. The standard InChI is InChI=1S/C17H14ClFN4/c1-11-2-4-12(5-3-11)22-16-9-17(21-10-20-16)23-13-6-7-15(19)14(18)8-13/h2-10H,1H3,(H2,20,21,22,23). The van der Waals surface area contributed by atoms with Crippen molar-refractivity contribution in [3.05, 3.63) is 71.3 Å². The zero-order valence-electron chi connectivity index (χ0n) is 12.3. The van der Waals surface area contributed by atoms with Gasteiger partial charge in [-0.3, -0.25) is 0 Å². The Morgan fingerprint density at radius 2 is 1.48 bits per heavy atom. The van der Waals surface area contributed by atoms with E-state index in [0.717, 1.165) is 5.69 Å². The first-order chi connectivity index (χ1) is 11.1. The monoisotopic (exact) mass is 328 g/mol. The van der Waals surface area contributed by atoms with E-state index >= 15 is 0 Å². The second kappa shape index (κ2) is 6.62.